The van der Waals surface area contributed by atoms with Gasteiger partial charge in [0.25, 0.3) is 0 Å². The van der Waals surface area contributed by atoms with Crippen LogP contribution in [0.5, 0.6) is 0 Å². The molecule has 0 heterocycles. The normalized spacial score (nSPS) is 12.0. The Morgan fingerprint density at radius 3 is 2.50 bits per heavy atom. The summed E-state index contributed by atoms with van der Waals surface area (Å²) in [6.45, 7) is -1.48. The van der Waals surface area contributed by atoms with Crippen LogP contribution < -0.4 is 5.73 Å². The molecule has 0 spiro atoms. The van der Waals surface area contributed by atoms with Gasteiger partial charge in [0, 0.05) is 12.6 Å². The SMILES string of the molecule is NCC=CC(=O)OCC(F)(F)F. The minimum absolute atomic E-state index is 0.0844. The van der Waals surface area contributed by atoms with Gasteiger partial charge in [-0.1, -0.05) is 6.08 Å². The van der Waals surface area contributed by atoms with Crippen LogP contribution in [0.2, 0.25) is 0 Å². The first-order valence-corrected chi connectivity index (χ1v) is 3.06. The van der Waals surface area contributed by atoms with Crippen molar-refractivity contribution in [3.63, 3.8) is 0 Å². The Balaban J connectivity index is 3.65. The molecule has 0 aliphatic carbocycles. The third-order valence-corrected chi connectivity index (χ3v) is 0.768. The van der Waals surface area contributed by atoms with Crippen LogP contribution in [0.4, 0.5) is 13.2 Å². The number of esters is 1. The highest BCUT2D eigenvalue weighted by atomic mass is 19.4. The van der Waals surface area contributed by atoms with Gasteiger partial charge in [0.05, 0.1) is 0 Å². The smallest absolute Gasteiger partial charge is 0.422 e. The lowest BCUT2D eigenvalue weighted by atomic mass is 10.5. The largest absolute Gasteiger partial charge is 0.453 e. The summed E-state index contributed by atoms with van der Waals surface area (Å²) in [5.41, 5.74) is 4.94. The summed E-state index contributed by atoms with van der Waals surface area (Å²) in [4.78, 5) is 10.4. The van der Waals surface area contributed by atoms with E-state index in [1.54, 1.807) is 0 Å². The lowest BCUT2D eigenvalue weighted by Gasteiger charge is -2.04. The molecule has 6 heteroatoms. The van der Waals surface area contributed by atoms with E-state index in [0.717, 1.165) is 6.08 Å². The second kappa shape index (κ2) is 4.76. The van der Waals surface area contributed by atoms with Crippen LogP contribution in [0.3, 0.4) is 0 Å². The van der Waals surface area contributed by atoms with Crippen LogP contribution in [0.25, 0.3) is 0 Å². The van der Waals surface area contributed by atoms with Crippen LogP contribution in [-0.4, -0.2) is 25.3 Å². The van der Waals surface area contributed by atoms with Gasteiger partial charge in [-0.2, -0.15) is 13.2 Å². The molecular formula is C6H8F3NO2. The summed E-state index contributed by atoms with van der Waals surface area (Å²) in [5.74, 6) is -1.04. The molecule has 0 radical (unpaired) electrons. The topological polar surface area (TPSA) is 52.3 Å². The molecule has 12 heavy (non-hydrogen) atoms. The zero-order chi connectivity index (χ0) is 9.61. The molecule has 0 saturated carbocycles. The number of hydrogen-bond acceptors (Lipinski definition) is 3. The Kier molecular flexibility index (Phi) is 4.35. The first-order chi connectivity index (χ1) is 5.45. The van der Waals surface area contributed by atoms with E-state index >= 15 is 0 Å². The van der Waals surface area contributed by atoms with E-state index in [1.807, 2.05) is 0 Å². The van der Waals surface area contributed by atoms with E-state index < -0.39 is 18.8 Å². The third-order valence-electron chi connectivity index (χ3n) is 0.768. The van der Waals surface area contributed by atoms with Gasteiger partial charge >= 0.3 is 12.1 Å². The number of carbonyl (C=O) groups is 1. The van der Waals surface area contributed by atoms with Crippen LogP contribution in [-0.2, 0) is 9.53 Å². The third kappa shape index (κ3) is 7.07. The van der Waals surface area contributed by atoms with Crippen molar-refractivity contribution in [2.24, 2.45) is 5.73 Å². The van der Waals surface area contributed by atoms with Gasteiger partial charge in [-0.25, -0.2) is 4.79 Å². The molecule has 0 amide bonds. The minimum atomic E-state index is -4.48. The van der Waals surface area contributed by atoms with Gasteiger partial charge in [-0.05, 0) is 0 Å². The molecule has 0 aliphatic rings. The van der Waals surface area contributed by atoms with Gasteiger partial charge in [-0.3, -0.25) is 0 Å². The van der Waals surface area contributed by atoms with Crippen LogP contribution in [0.15, 0.2) is 12.2 Å². The fraction of sp³-hybridized carbons (Fsp3) is 0.500. The zero-order valence-corrected chi connectivity index (χ0v) is 6.10. The molecule has 0 aromatic carbocycles. The highest BCUT2D eigenvalue weighted by molar-refractivity contribution is 5.81. The molecule has 2 N–H and O–H groups in total. The molecule has 0 rings (SSSR count). The van der Waals surface area contributed by atoms with E-state index in [-0.39, 0.29) is 6.54 Å². The summed E-state index contributed by atoms with van der Waals surface area (Å²) in [6, 6.07) is 0. The Morgan fingerprint density at radius 2 is 2.08 bits per heavy atom. The second-order valence-corrected chi connectivity index (χ2v) is 1.86. The van der Waals surface area contributed by atoms with Crippen LogP contribution in [0, 0.1) is 0 Å². The zero-order valence-electron chi connectivity index (χ0n) is 6.10. The van der Waals surface area contributed by atoms with Crippen molar-refractivity contribution in [1.29, 1.82) is 0 Å². The van der Waals surface area contributed by atoms with E-state index in [4.69, 9.17) is 5.73 Å². The molecule has 0 unspecified atom stereocenters. The van der Waals surface area contributed by atoms with Gasteiger partial charge < -0.3 is 10.5 Å². The fourth-order valence-electron chi connectivity index (χ4n) is 0.365. The van der Waals surface area contributed by atoms with Gasteiger partial charge in [0.15, 0.2) is 6.61 Å². The lowest BCUT2D eigenvalue weighted by Crippen LogP contribution is -2.19. The van der Waals surface area contributed by atoms with E-state index in [0.29, 0.717) is 0 Å². The van der Waals surface area contributed by atoms with Crippen molar-refractivity contribution in [1.82, 2.24) is 0 Å². The number of halogens is 3. The lowest BCUT2D eigenvalue weighted by molar-refractivity contribution is -0.182. The summed E-state index contributed by atoms with van der Waals surface area (Å²) >= 11 is 0. The maximum absolute atomic E-state index is 11.4. The van der Waals surface area contributed by atoms with Crippen molar-refractivity contribution in [3.8, 4) is 0 Å². The molecule has 70 valence electrons. The highest BCUT2D eigenvalue weighted by Gasteiger charge is 2.28. The monoisotopic (exact) mass is 183 g/mol. The molecule has 0 aromatic heterocycles. The number of ether oxygens (including phenoxy) is 1. The summed E-state index contributed by atoms with van der Waals surface area (Å²) < 4.78 is 38.0. The van der Waals surface area contributed by atoms with Crippen LogP contribution in [0.1, 0.15) is 0 Å². The molecule has 0 fully saturated rings. The number of alkyl halides is 3. The minimum Gasteiger partial charge on any atom is -0.453 e. The molecule has 0 bridgehead atoms. The Labute approximate surface area is 67.0 Å². The van der Waals surface area contributed by atoms with Crippen molar-refractivity contribution < 1.29 is 22.7 Å². The summed E-state index contributed by atoms with van der Waals surface area (Å²) in [6.07, 6.45) is -2.42. The highest BCUT2D eigenvalue weighted by Crippen LogP contribution is 2.14. The molecule has 3 nitrogen and oxygen atoms in total. The molecular weight excluding hydrogens is 175 g/mol. The molecule has 0 saturated heterocycles. The predicted octanol–water partition coefficient (Wildman–Crippen LogP) is 0.607. The Hall–Kier alpha value is -1.04. The Bertz CT molecular complexity index is 176. The number of nitrogens with two attached hydrogens (primary N) is 1. The van der Waals surface area contributed by atoms with Crippen molar-refractivity contribution in [2.75, 3.05) is 13.2 Å². The van der Waals surface area contributed by atoms with Gasteiger partial charge in [-0.15, -0.1) is 0 Å². The van der Waals surface area contributed by atoms with Crippen molar-refractivity contribution >= 4 is 5.97 Å². The predicted molar refractivity (Wildman–Crippen MR) is 35.2 cm³/mol. The summed E-state index contributed by atoms with van der Waals surface area (Å²) in [5, 5.41) is 0. The summed E-state index contributed by atoms with van der Waals surface area (Å²) in [7, 11) is 0. The Morgan fingerprint density at radius 1 is 1.50 bits per heavy atom. The maximum Gasteiger partial charge on any atom is 0.422 e. The quantitative estimate of drug-likeness (QED) is 0.515. The van der Waals surface area contributed by atoms with Gasteiger partial charge in [0.1, 0.15) is 0 Å². The van der Waals surface area contributed by atoms with Crippen molar-refractivity contribution in [2.45, 2.75) is 6.18 Å². The molecule has 0 atom stereocenters. The fourth-order valence-corrected chi connectivity index (χ4v) is 0.365. The number of hydrogen-bond donors (Lipinski definition) is 1. The first-order valence-electron chi connectivity index (χ1n) is 3.06. The second-order valence-electron chi connectivity index (χ2n) is 1.86. The maximum atomic E-state index is 11.4. The average Bonchev–Trinajstić information content (AvgIpc) is 1.95. The molecule has 0 aliphatic heterocycles. The van der Waals surface area contributed by atoms with Gasteiger partial charge in [0.2, 0.25) is 0 Å². The standard InChI is InChI=1S/C6H8F3NO2/c7-6(8,9)4-12-5(11)2-1-3-10/h1-2H,3-4,10H2. The number of carbonyl (C=O) groups excluding carboxylic acids is 1. The van der Waals surface area contributed by atoms with Crippen molar-refractivity contribution in [3.05, 3.63) is 12.2 Å². The molecule has 0 aromatic rings. The average molecular weight is 183 g/mol. The first kappa shape index (κ1) is 11.0. The van der Waals surface area contributed by atoms with Crippen LogP contribution >= 0.6 is 0 Å². The van der Waals surface area contributed by atoms with E-state index in [2.05, 4.69) is 4.74 Å². The van der Waals surface area contributed by atoms with E-state index in [1.165, 1.54) is 6.08 Å². The van der Waals surface area contributed by atoms with E-state index in [9.17, 15) is 18.0 Å². The number of rotatable bonds is 3.